The molecular weight excluding hydrogens is 188 g/mol. The molecule has 0 bridgehead atoms. The van der Waals surface area contributed by atoms with Crippen LogP contribution in [0.1, 0.15) is 16.9 Å². The fourth-order valence-corrected chi connectivity index (χ4v) is 1.57. The summed E-state index contributed by atoms with van der Waals surface area (Å²) in [6.45, 7) is 6.04. The molecule has 2 N–H and O–H groups in total. The van der Waals surface area contributed by atoms with Gasteiger partial charge >= 0.3 is 0 Å². The van der Waals surface area contributed by atoms with Gasteiger partial charge in [0.25, 0.3) is 6.01 Å². The van der Waals surface area contributed by atoms with Crippen molar-refractivity contribution in [1.29, 1.82) is 0 Å². The molecule has 1 aromatic heterocycles. The maximum absolute atomic E-state index is 5.51. The van der Waals surface area contributed by atoms with Crippen molar-refractivity contribution in [2.45, 2.75) is 20.8 Å². The number of nitrogen functional groups attached to an aromatic ring is 1. The molecule has 0 aliphatic heterocycles. The van der Waals surface area contributed by atoms with Crippen LogP contribution in [0.4, 0.5) is 6.01 Å². The molecule has 0 saturated heterocycles. The molecule has 1 aromatic carbocycles. The molecule has 0 fully saturated rings. The summed E-state index contributed by atoms with van der Waals surface area (Å²) >= 11 is 0. The summed E-state index contributed by atoms with van der Waals surface area (Å²) in [5, 5.41) is 0. The third kappa shape index (κ3) is 1.73. The van der Waals surface area contributed by atoms with E-state index >= 15 is 0 Å². The maximum atomic E-state index is 5.51. The third-order valence-electron chi connectivity index (χ3n) is 2.59. The minimum absolute atomic E-state index is 0.223. The highest BCUT2D eigenvalue weighted by atomic mass is 16.4. The Kier molecular flexibility index (Phi) is 2.23. The van der Waals surface area contributed by atoms with E-state index in [1.54, 1.807) is 0 Å². The average Bonchev–Trinajstić information content (AvgIpc) is 2.50. The first-order chi connectivity index (χ1) is 7.08. The smallest absolute Gasteiger partial charge is 0.292 e. The Hall–Kier alpha value is -1.77. The van der Waals surface area contributed by atoms with Crippen LogP contribution >= 0.6 is 0 Å². The molecule has 2 aromatic rings. The molecule has 0 aliphatic carbocycles. The number of nitrogens with two attached hydrogens (primary N) is 1. The summed E-state index contributed by atoms with van der Waals surface area (Å²) in [7, 11) is 0. The molecule has 0 saturated carbocycles. The number of anilines is 1. The Morgan fingerprint density at radius 3 is 2.40 bits per heavy atom. The van der Waals surface area contributed by atoms with Crippen molar-refractivity contribution in [3.05, 3.63) is 35.1 Å². The normalized spacial score (nSPS) is 10.6. The Morgan fingerprint density at radius 2 is 1.87 bits per heavy atom. The van der Waals surface area contributed by atoms with Gasteiger partial charge in [-0.1, -0.05) is 12.1 Å². The van der Waals surface area contributed by atoms with Gasteiger partial charge in [0, 0.05) is 5.56 Å². The topological polar surface area (TPSA) is 52.0 Å². The van der Waals surface area contributed by atoms with Crippen LogP contribution < -0.4 is 5.73 Å². The van der Waals surface area contributed by atoms with Crippen molar-refractivity contribution in [3.8, 4) is 11.3 Å². The summed E-state index contributed by atoms with van der Waals surface area (Å²) in [6.07, 6.45) is 0. The highest BCUT2D eigenvalue weighted by Crippen LogP contribution is 2.25. The molecule has 0 amide bonds. The standard InChI is InChI=1S/C12H14N2O/c1-7-4-5-10(6-8(7)2)11-9(3)15-12(13)14-11/h4-6H,1-3H3,(H2,13,14). The number of oxazole rings is 1. The Labute approximate surface area is 88.9 Å². The zero-order chi connectivity index (χ0) is 11.0. The molecule has 0 spiro atoms. The quantitative estimate of drug-likeness (QED) is 0.773. The van der Waals surface area contributed by atoms with Crippen LogP contribution in [0.3, 0.4) is 0 Å². The SMILES string of the molecule is Cc1ccc(-c2nc(N)oc2C)cc1C. The number of benzene rings is 1. The molecule has 0 aliphatic rings. The van der Waals surface area contributed by atoms with Crippen LogP contribution in [-0.4, -0.2) is 4.98 Å². The monoisotopic (exact) mass is 202 g/mol. The second-order valence-electron chi connectivity index (χ2n) is 3.76. The van der Waals surface area contributed by atoms with Crippen molar-refractivity contribution in [1.82, 2.24) is 4.98 Å². The van der Waals surface area contributed by atoms with Gasteiger partial charge in [-0.05, 0) is 38.0 Å². The molecule has 0 radical (unpaired) electrons. The summed E-state index contributed by atoms with van der Waals surface area (Å²) in [5.74, 6) is 0.760. The summed E-state index contributed by atoms with van der Waals surface area (Å²) in [4.78, 5) is 4.16. The van der Waals surface area contributed by atoms with Crippen LogP contribution in [0, 0.1) is 20.8 Å². The van der Waals surface area contributed by atoms with E-state index in [9.17, 15) is 0 Å². The third-order valence-corrected chi connectivity index (χ3v) is 2.59. The van der Waals surface area contributed by atoms with Gasteiger partial charge in [0.2, 0.25) is 0 Å². The molecule has 0 atom stereocenters. The number of hydrogen-bond acceptors (Lipinski definition) is 3. The van der Waals surface area contributed by atoms with E-state index in [4.69, 9.17) is 10.2 Å². The van der Waals surface area contributed by atoms with Crippen LogP contribution in [0.5, 0.6) is 0 Å². The van der Waals surface area contributed by atoms with Crippen LogP contribution in [-0.2, 0) is 0 Å². The average molecular weight is 202 g/mol. The molecule has 2 rings (SSSR count). The maximum Gasteiger partial charge on any atom is 0.292 e. The first kappa shape index (κ1) is 9.77. The molecule has 1 heterocycles. The van der Waals surface area contributed by atoms with E-state index in [1.807, 2.05) is 13.0 Å². The highest BCUT2D eigenvalue weighted by Gasteiger charge is 2.09. The lowest BCUT2D eigenvalue weighted by molar-refractivity contribution is 0.549. The van der Waals surface area contributed by atoms with Gasteiger partial charge in [0.1, 0.15) is 11.5 Å². The minimum Gasteiger partial charge on any atom is -0.429 e. The molecular formula is C12H14N2O. The summed E-state index contributed by atoms with van der Waals surface area (Å²) in [5.41, 5.74) is 9.90. The van der Waals surface area contributed by atoms with Crippen molar-refractivity contribution in [2.24, 2.45) is 0 Å². The fraction of sp³-hybridized carbons (Fsp3) is 0.250. The first-order valence-corrected chi connectivity index (χ1v) is 4.88. The zero-order valence-corrected chi connectivity index (χ0v) is 9.16. The van der Waals surface area contributed by atoms with Crippen molar-refractivity contribution < 1.29 is 4.42 Å². The van der Waals surface area contributed by atoms with Crippen molar-refractivity contribution in [3.63, 3.8) is 0 Å². The summed E-state index contributed by atoms with van der Waals surface area (Å²) < 4.78 is 5.21. The van der Waals surface area contributed by atoms with E-state index in [1.165, 1.54) is 11.1 Å². The van der Waals surface area contributed by atoms with Crippen LogP contribution in [0.15, 0.2) is 22.6 Å². The van der Waals surface area contributed by atoms with Gasteiger partial charge < -0.3 is 10.2 Å². The molecule has 3 nitrogen and oxygen atoms in total. The Morgan fingerprint density at radius 1 is 1.13 bits per heavy atom. The fourth-order valence-electron chi connectivity index (χ4n) is 1.57. The van der Waals surface area contributed by atoms with Gasteiger partial charge in [-0.3, -0.25) is 0 Å². The largest absolute Gasteiger partial charge is 0.429 e. The number of rotatable bonds is 1. The highest BCUT2D eigenvalue weighted by molar-refractivity contribution is 5.63. The summed E-state index contributed by atoms with van der Waals surface area (Å²) in [6, 6.07) is 6.43. The lowest BCUT2D eigenvalue weighted by atomic mass is 10.0. The Balaban J connectivity index is 2.54. The first-order valence-electron chi connectivity index (χ1n) is 4.88. The predicted octanol–water partition coefficient (Wildman–Crippen LogP) is 2.85. The number of aromatic nitrogens is 1. The van der Waals surface area contributed by atoms with E-state index in [-0.39, 0.29) is 6.01 Å². The molecule has 3 heteroatoms. The van der Waals surface area contributed by atoms with Gasteiger partial charge in [-0.25, -0.2) is 0 Å². The lowest BCUT2D eigenvalue weighted by Gasteiger charge is -2.02. The lowest BCUT2D eigenvalue weighted by Crippen LogP contribution is -1.86. The second-order valence-corrected chi connectivity index (χ2v) is 3.76. The van der Waals surface area contributed by atoms with Crippen molar-refractivity contribution >= 4 is 6.01 Å². The number of aryl methyl sites for hydroxylation is 3. The van der Waals surface area contributed by atoms with Gasteiger partial charge in [0.05, 0.1) is 0 Å². The van der Waals surface area contributed by atoms with Gasteiger partial charge in [-0.15, -0.1) is 0 Å². The zero-order valence-electron chi connectivity index (χ0n) is 9.16. The predicted molar refractivity (Wildman–Crippen MR) is 60.6 cm³/mol. The van der Waals surface area contributed by atoms with Crippen molar-refractivity contribution in [2.75, 3.05) is 5.73 Å². The van der Waals surface area contributed by atoms with Crippen LogP contribution in [0.2, 0.25) is 0 Å². The van der Waals surface area contributed by atoms with E-state index in [0.29, 0.717) is 0 Å². The molecule has 78 valence electrons. The Bertz CT molecular complexity index is 500. The molecule has 15 heavy (non-hydrogen) atoms. The van der Waals surface area contributed by atoms with E-state index in [2.05, 4.69) is 31.0 Å². The van der Waals surface area contributed by atoms with Gasteiger partial charge in [-0.2, -0.15) is 4.98 Å². The van der Waals surface area contributed by atoms with Gasteiger partial charge in [0.15, 0.2) is 0 Å². The number of hydrogen-bond donors (Lipinski definition) is 1. The minimum atomic E-state index is 0.223. The molecule has 0 unspecified atom stereocenters. The number of nitrogens with zero attached hydrogens (tertiary/aromatic N) is 1. The van der Waals surface area contributed by atoms with E-state index in [0.717, 1.165) is 17.0 Å². The second kappa shape index (κ2) is 3.42. The van der Waals surface area contributed by atoms with Crippen LogP contribution in [0.25, 0.3) is 11.3 Å². The van der Waals surface area contributed by atoms with E-state index < -0.39 is 0 Å².